The molecule has 2 rings (SSSR count). The van der Waals surface area contributed by atoms with E-state index in [2.05, 4.69) is 5.32 Å². The number of sulfonamides is 1. The Kier molecular flexibility index (Phi) is 6.55. The lowest BCUT2D eigenvalue weighted by atomic mass is 10.0. The number of carboxylic acids is 1. The number of hydrogen-bond donors (Lipinski definition) is 2. The van der Waals surface area contributed by atoms with Crippen molar-refractivity contribution < 1.29 is 23.1 Å². The average molecular weight is 368 g/mol. The summed E-state index contributed by atoms with van der Waals surface area (Å²) >= 11 is 0. The number of benzene rings is 1. The van der Waals surface area contributed by atoms with Gasteiger partial charge in [0.2, 0.25) is 15.9 Å². The number of nitrogens with one attached hydrogen (secondary N) is 1. The minimum Gasteiger partial charge on any atom is -0.481 e. The third-order valence-corrected chi connectivity index (χ3v) is 6.21. The molecule has 2 atom stereocenters. The Morgan fingerprint density at radius 3 is 2.60 bits per heavy atom. The molecule has 0 spiro atoms. The van der Waals surface area contributed by atoms with E-state index in [0.29, 0.717) is 25.8 Å². The Morgan fingerprint density at radius 2 is 1.96 bits per heavy atom. The first-order valence-electron chi connectivity index (χ1n) is 8.41. The van der Waals surface area contributed by atoms with Crippen molar-refractivity contribution in [2.24, 2.45) is 0 Å². The number of nitrogens with zero attached hydrogens (tertiary/aromatic N) is 1. The van der Waals surface area contributed by atoms with Crippen LogP contribution in [0, 0.1) is 0 Å². The van der Waals surface area contributed by atoms with E-state index in [0.717, 1.165) is 6.42 Å². The van der Waals surface area contributed by atoms with E-state index in [1.165, 1.54) is 16.4 Å². The molecule has 1 amide bonds. The van der Waals surface area contributed by atoms with Crippen LogP contribution in [0.25, 0.3) is 0 Å². The second-order valence-corrected chi connectivity index (χ2v) is 8.17. The molecule has 1 aliphatic heterocycles. The molecule has 0 aromatic heterocycles. The van der Waals surface area contributed by atoms with E-state index in [4.69, 9.17) is 5.11 Å². The number of aliphatic carboxylic acids is 1. The summed E-state index contributed by atoms with van der Waals surface area (Å²) in [5.74, 6) is -1.29. The normalized spacial score (nSPS) is 20.0. The summed E-state index contributed by atoms with van der Waals surface area (Å²) in [6.45, 7) is 2.03. The molecule has 0 aliphatic carbocycles. The largest absolute Gasteiger partial charge is 0.481 e. The minimum atomic E-state index is -3.74. The molecular weight excluding hydrogens is 344 g/mol. The molecule has 1 aliphatic rings. The van der Waals surface area contributed by atoms with Crippen molar-refractivity contribution >= 4 is 21.9 Å². The zero-order valence-electron chi connectivity index (χ0n) is 14.2. The SMILES string of the molecule is CC(CCC(=O)O)NC(=O)C1CCCCN1S(=O)(=O)c1ccccc1. The Morgan fingerprint density at radius 1 is 1.28 bits per heavy atom. The van der Waals surface area contributed by atoms with Crippen molar-refractivity contribution in [3.05, 3.63) is 30.3 Å². The van der Waals surface area contributed by atoms with Crippen LogP contribution in [-0.4, -0.2) is 48.3 Å². The van der Waals surface area contributed by atoms with Crippen molar-refractivity contribution in [1.29, 1.82) is 0 Å². The summed E-state index contributed by atoms with van der Waals surface area (Å²) in [6.07, 6.45) is 2.22. The zero-order chi connectivity index (χ0) is 18.4. The first kappa shape index (κ1) is 19.4. The van der Waals surface area contributed by atoms with E-state index < -0.39 is 22.0 Å². The number of hydrogen-bond acceptors (Lipinski definition) is 4. The van der Waals surface area contributed by atoms with Gasteiger partial charge in [0.1, 0.15) is 6.04 Å². The number of carbonyl (C=O) groups is 2. The molecule has 7 nitrogen and oxygen atoms in total. The number of piperidine rings is 1. The van der Waals surface area contributed by atoms with Crippen LogP contribution in [0.5, 0.6) is 0 Å². The molecule has 1 aromatic carbocycles. The van der Waals surface area contributed by atoms with Gasteiger partial charge < -0.3 is 10.4 Å². The number of carbonyl (C=O) groups excluding carboxylic acids is 1. The van der Waals surface area contributed by atoms with E-state index >= 15 is 0 Å². The highest BCUT2D eigenvalue weighted by Gasteiger charge is 2.37. The third-order valence-electron chi connectivity index (χ3n) is 4.29. The number of amides is 1. The van der Waals surface area contributed by atoms with Crippen LogP contribution in [0.4, 0.5) is 0 Å². The first-order chi connectivity index (χ1) is 11.8. The average Bonchev–Trinajstić information content (AvgIpc) is 2.60. The number of carboxylic acid groups (broad SMARTS) is 1. The predicted molar refractivity (Wildman–Crippen MR) is 92.4 cm³/mol. The zero-order valence-corrected chi connectivity index (χ0v) is 15.0. The van der Waals surface area contributed by atoms with Gasteiger partial charge in [-0.05, 0) is 38.3 Å². The minimum absolute atomic E-state index is 0.0435. The van der Waals surface area contributed by atoms with Gasteiger partial charge >= 0.3 is 5.97 Å². The molecule has 1 heterocycles. The molecule has 0 radical (unpaired) electrons. The second kappa shape index (κ2) is 8.44. The third kappa shape index (κ3) is 5.02. The first-order valence-corrected chi connectivity index (χ1v) is 9.85. The summed E-state index contributed by atoms with van der Waals surface area (Å²) in [4.78, 5) is 23.4. The van der Waals surface area contributed by atoms with E-state index in [1.54, 1.807) is 25.1 Å². The van der Waals surface area contributed by atoms with Gasteiger partial charge in [-0.25, -0.2) is 8.42 Å². The summed E-state index contributed by atoms with van der Waals surface area (Å²) < 4.78 is 27.0. The molecular formula is C17H24N2O5S. The molecule has 25 heavy (non-hydrogen) atoms. The fraction of sp³-hybridized carbons (Fsp3) is 0.529. The van der Waals surface area contributed by atoms with Crippen LogP contribution in [0.1, 0.15) is 39.0 Å². The second-order valence-electron chi connectivity index (χ2n) is 6.28. The Hall–Kier alpha value is -1.93. The van der Waals surface area contributed by atoms with Crippen molar-refractivity contribution in [2.45, 2.75) is 56.0 Å². The van der Waals surface area contributed by atoms with Crippen LogP contribution in [0.15, 0.2) is 35.2 Å². The van der Waals surface area contributed by atoms with Crippen LogP contribution in [-0.2, 0) is 19.6 Å². The van der Waals surface area contributed by atoms with Gasteiger partial charge in [-0.2, -0.15) is 4.31 Å². The predicted octanol–water partition coefficient (Wildman–Crippen LogP) is 1.60. The Labute approximate surface area is 148 Å². The summed E-state index contributed by atoms with van der Waals surface area (Å²) in [7, 11) is -3.74. The van der Waals surface area contributed by atoms with Crippen LogP contribution < -0.4 is 5.32 Å². The monoisotopic (exact) mass is 368 g/mol. The van der Waals surface area contributed by atoms with E-state index in [-0.39, 0.29) is 23.3 Å². The van der Waals surface area contributed by atoms with Gasteiger partial charge in [0.05, 0.1) is 4.90 Å². The molecule has 2 N–H and O–H groups in total. The number of rotatable bonds is 7. The van der Waals surface area contributed by atoms with Gasteiger partial charge in [-0.1, -0.05) is 24.6 Å². The van der Waals surface area contributed by atoms with Crippen LogP contribution in [0.3, 0.4) is 0 Å². The molecule has 1 fully saturated rings. The fourth-order valence-electron chi connectivity index (χ4n) is 2.93. The van der Waals surface area contributed by atoms with Crippen molar-refractivity contribution in [3.63, 3.8) is 0 Å². The van der Waals surface area contributed by atoms with Crippen molar-refractivity contribution in [1.82, 2.24) is 9.62 Å². The smallest absolute Gasteiger partial charge is 0.303 e. The summed E-state index contributed by atoms with van der Waals surface area (Å²) in [5, 5.41) is 11.5. The van der Waals surface area contributed by atoms with Crippen LogP contribution >= 0.6 is 0 Å². The molecule has 0 saturated carbocycles. The quantitative estimate of drug-likeness (QED) is 0.761. The fourth-order valence-corrected chi connectivity index (χ4v) is 4.61. The van der Waals surface area contributed by atoms with Gasteiger partial charge in [0.15, 0.2) is 0 Å². The summed E-state index contributed by atoms with van der Waals surface area (Å²) in [6, 6.07) is 7.00. The topological polar surface area (TPSA) is 104 Å². The van der Waals surface area contributed by atoms with Gasteiger partial charge in [-0.15, -0.1) is 0 Å². The standard InChI is InChI=1S/C17H24N2O5S/c1-13(10-11-16(20)21)18-17(22)15-9-5-6-12-19(15)25(23,24)14-7-3-2-4-8-14/h2-4,7-8,13,15H,5-6,9-12H2,1H3,(H,18,22)(H,20,21). The lowest BCUT2D eigenvalue weighted by Crippen LogP contribution is -2.53. The lowest BCUT2D eigenvalue weighted by Gasteiger charge is -2.34. The van der Waals surface area contributed by atoms with Gasteiger partial charge in [0.25, 0.3) is 0 Å². The molecule has 1 saturated heterocycles. The Balaban J connectivity index is 2.12. The molecule has 2 unspecified atom stereocenters. The highest BCUT2D eigenvalue weighted by molar-refractivity contribution is 7.89. The highest BCUT2D eigenvalue weighted by atomic mass is 32.2. The van der Waals surface area contributed by atoms with Crippen molar-refractivity contribution in [2.75, 3.05) is 6.54 Å². The van der Waals surface area contributed by atoms with Gasteiger partial charge in [0, 0.05) is 19.0 Å². The summed E-state index contributed by atoms with van der Waals surface area (Å²) in [5.41, 5.74) is 0. The maximum absolute atomic E-state index is 12.9. The molecule has 8 heteroatoms. The van der Waals surface area contributed by atoms with Crippen LogP contribution in [0.2, 0.25) is 0 Å². The maximum Gasteiger partial charge on any atom is 0.303 e. The highest BCUT2D eigenvalue weighted by Crippen LogP contribution is 2.25. The molecule has 0 bridgehead atoms. The van der Waals surface area contributed by atoms with Crippen molar-refractivity contribution in [3.8, 4) is 0 Å². The Bertz CT molecular complexity index is 705. The van der Waals surface area contributed by atoms with Gasteiger partial charge in [-0.3, -0.25) is 9.59 Å². The van der Waals surface area contributed by atoms with E-state index in [9.17, 15) is 18.0 Å². The van der Waals surface area contributed by atoms with E-state index in [1.807, 2.05) is 0 Å². The molecule has 1 aromatic rings. The maximum atomic E-state index is 12.9. The molecule has 138 valence electrons. The lowest BCUT2D eigenvalue weighted by molar-refractivity contribution is -0.137.